The van der Waals surface area contributed by atoms with E-state index in [0.717, 1.165) is 13.0 Å². The number of aryl methyl sites for hydroxylation is 1. The number of hydrogen-bond donors (Lipinski definition) is 0. The largest absolute Gasteiger partial charge is 0.335 e. The van der Waals surface area contributed by atoms with Crippen LogP contribution in [0.1, 0.15) is 198 Å². The van der Waals surface area contributed by atoms with Crippen LogP contribution in [0.15, 0.2) is 73.1 Å². The Morgan fingerprint density at radius 3 is 1.48 bits per heavy atom. The molecule has 0 aliphatic carbocycles. The summed E-state index contributed by atoms with van der Waals surface area (Å²) in [6.45, 7) is 8.23. The van der Waals surface area contributed by atoms with Crippen molar-refractivity contribution in [1.82, 2.24) is 9.55 Å². The zero-order valence-corrected chi connectivity index (χ0v) is 31.8. The van der Waals surface area contributed by atoms with Crippen LogP contribution in [-0.2, 0) is 18.4 Å². The number of unbranched alkanes of at least 4 members (excludes halogenated alkanes) is 21. The molecular weight excluding hydrogens is 581 g/mol. The maximum atomic E-state index is 5.15. The maximum absolute atomic E-state index is 5.15. The van der Waals surface area contributed by atoms with Gasteiger partial charge < -0.3 is 4.57 Å². The molecule has 0 bridgehead atoms. The Bertz CT molecular complexity index is 1140. The van der Waals surface area contributed by atoms with Crippen LogP contribution in [0.2, 0.25) is 0 Å². The first kappa shape index (κ1) is 40.1. The summed E-state index contributed by atoms with van der Waals surface area (Å²) in [4.78, 5) is 5.15. The third kappa shape index (κ3) is 15.5. The van der Waals surface area contributed by atoms with E-state index in [-0.39, 0.29) is 5.41 Å². The van der Waals surface area contributed by atoms with Gasteiger partial charge in [-0.05, 0) is 30.4 Å². The Hall–Kier alpha value is -2.35. The van der Waals surface area contributed by atoms with Gasteiger partial charge in [-0.1, -0.05) is 223 Å². The van der Waals surface area contributed by atoms with E-state index in [0.29, 0.717) is 5.92 Å². The van der Waals surface area contributed by atoms with Crippen LogP contribution in [-0.4, -0.2) is 9.55 Å². The predicted octanol–water partition coefficient (Wildman–Crippen LogP) is 14.6. The highest BCUT2D eigenvalue weighted by Crippen LogP contribution is 2.44. The van der Waals surface area contributed by atoms with Crippen LogP contribution >= 0.6 is 0 Å². The first-order chi connectivity index (χ1) is 23.7. The molecule has 3 rings (SSSR count). The molecule has 268 valence electrons. The van der Waals surface area contributed by atoms with Crippen LogP contribution in [0.3, 0.4) is 0 Å². The second-order valence-electron chi connectivity index (χ2n) is 15.2. The second-order valence-corrected chi connectivity index (χ2v) is 15.2. The normalized spacial score (nSPS) is 13.5. The van der Waals surface area contributed by atoms with E-state index in [9.17, 15) is 0 Å². The van der Waals surface area contributed by atoms with Gasteiger partial charge in [0.25, 0.3) is 0 Å². The maximum Gasteiger partial charge on any atom is 0.112 e. The molecule has 2 heteroatoms. The molecule has 0 N–H and O–H groups in total. The fourth-order valence-electron chi connectivity index (χ4n) is 7.95. The minimum absolute atomic E-state index is 0.0270. The highest BCUT2D eigenvalue weighted by molar-refractivity contribution is 5.33. The molecule has 48 heavy (non-hydrogen) atoms. The van der Waals surface area contributed by atoms with Crippen LogP contribution < -0.4 is 0 Å². The molecular formula is C46H74N2. The van der Waals surface area contributed by atoms with Crippen LogP contribution in [0.25, 0.3) is 0 Å². The van der Waals surface area contributed by atoms with Crippen molar-refractivity contribution in [3.63, 3.8) is 0 Å². The predicted molar refractivity (Wildman–Crippen MR) is 211 cm³/mol. The van der Waals surface area contributed by atoms with Gasteiger partial charge in [0.1, 0.15) is 5.82 Å². The van der Waals surface area contributed by atoms with Gasteiger partial charge in [-0.25, -0.2) is 4.98 Å². The zero-order chi connectivity index (χ0) is 34.0. The molecule has 0 fully saturated rings. The summed E-state index contributed by atoms with van der Waals surface area (Å²) in [5.74, 6) is 1.69. The molecule has 3 aromatic rings. The molecule has 0 saturated carbocycles. The third-order valence-corrected chi connectivity index (χ3v) is 11.0. The Kier molecular flexibility index (Phi) is 21.4. The van der Waals surface area contributed by atoms with Crippen LogP contribution in [0.4, 0.5) is 0 Å². The van der Waals surface area contributed by atoms with E-state index in [2.05, 4.69) is 98.4 Å². The lowest BCUT2D eigenvalue weighted by atomic mass is 9.66. The Labute approximate surface area is 297 Å². The van der Waals surface area contributed by atoms with E-state index in [1.54, 1.807) is 0 Å². The summed E-state index contributed by atoms with van der Waals surface area (Å²) < 4.78 is 2.53. The monoisotopic (exact) mass is 655 g/mol. The van der Waals surface area contributed by atoms with Gasteiger partial charge >= 0.3 is 0 Å². The van der Waals surface area contributed by atoms with Gasteiger partial charge in [-0.3, -0.25) is 0 Å². The van der Waals surface area contributed by atoms with Crippen molar-refractivity contribution in [3.05, 3.63) is 90.0 Å². The topological polar surface area (TPSA) is 17.8 Å². The van der Waals surface area contributed by atoms with Gasteiger partial charge in [0.05, 0.1) is 0 Å². The molecule has 0 saturated heterocycles. The standard InChI is InChI=1S/C46H74N2/c1-4-6-8-10-12-14-15-16-17-18-19-21-23-31-37-44(45-47-38-40-48(45)39-32-24-22-20-13-11-9-7-5-2)46(3,43-35-29-26-30-36-43)41-42-33-27-25-28-34-42/h25-30,33-36,38,40,44H,4-24,31-32,37,39,41H2,1-3H3. The smallest absolute Gasteiger partial charge is 0.112 e. The van der Waals surface area contributed by atoms with Crippen LogP contribution in [0.5, 0.6) is 0 Å². The number of benzene rings is 2. The number of nitrogens with zero attached hydrogens (tertiary/aromatic N) is 2. The Morgan fingerprint density at radius 1 is 0.542 bits per heavy atom. The fraction of sp³-hybridized carbons (Fsp3) is 0.674. The van der Waals surface area contributed by atoms with E-state index in [1.807, 2.05) is 0 Å². The zero-order valence-electron chi connectivity index (χ0n) is 31.8. The minimum Gasteiger partial charge on any atom is -0.335 e. The lowest BCUT2D eigenvalue weighted by Crippen LogP contribution is -2.35. The molecule has 2 atom stereocenters. The Balaban J connectivity index is 1.58. The first-order valence-electron chi connectivity index (χ1n) is 20.8. The molecule has 0 radical (unpaired) electrons. The van der Waals surface area contributed by atoms with Crippen molar-refractivity contribution >= 4 is 0 Å². The summed E-state index contributed by atoms with van der Waals surface area (Å²) >= 11 is 0. The van der Waals surface area contributed by atoms with E-state index >= 15 is 0 Å². The highest BCUT2D eigenvalue weighted by Gasteiger charge is 2.39. The average Bonchev–Trinajstić information content (AvgIpc) is 3.58. The van der Waals surface area contributed by atoms with Crippen molar-refractivity contribution in [2.24, 2.45) is 0 Å². The van der Waals surface area contributed by atoms with Crippen molar-refractivity contribution in [1.29, 1.82) is 0 Å². The molecule has 0 amide bonds. The summed E-state index contributed by atoms with van der Waals surface area (Å²) in [6, 6.07) is 22.6. The van der Waals surface area contributed by atoms with E-state index < -0.39 is 0 Å². The number of hydrogen-bond acceptors (Lipinski definition) is 1. The molecule has 1 heterocycles. The molecule has 0 spiro atoms. The molecule has 2 aromatic carbocycles. The van der Waals surface area contributed by atoms with E-state index in [4.69, 9.17) is 4.98 Å². The summed E-state index contributed by atoms with van der Waals surface area (Å²) in [7, 11) is 0. The lowest BCUT2D eigenvalue weighted by molar-refractivity contribution is 0.321. The highest BCUT2D eigenvalue weighted by atomic mass is 15.1. The summed E-state index contributed by atoms with van der Waals surface area (Å²) in [6.07, 6.45) is 38.6. The average molecular weight is 655 g/mol. The molecule has 0 aliphatic heterocycles. The second kappa shape index (κ2) is 25.6. The van der Waals surface area contributed by atoms with Gasteiger partial charge in [0, 0.05) is 30.3 Å². The molecule has 2 nitrogen and oxygen atoms in total. The quantitative estimate of drug-likeness (QED) is 0.0654. The molecule has 1 aromatic heterocycles. The number of aromatic nitrogens is 2. The number of imidazole rings is 1. The van der Waals surface area contributed by atoms with Crippen LogP contribution in [0, 0.1) is 0 Å². The summed E-state index contributed by atoms with van der Waals surface area (Å²) in [5, 5.41) is 0. The van der Waals surface area contributed by atoms with Gasteiger partial charge in [-0.15, -0.1) is 0 Å². The van der Waals surface area contributed by atoms with E-state index in [1.165, 1.54) is 171 Å². The molecule has 2 unspecified atom stereocenters. The minimum atomic E-state index is -0.0270. The number of rotatable bonds is 30. The van der Waals surface area contributed by atoms with Gasteiger partial charge in [-0.2, -0.15) is 0 Å². The fourth-order valence-corrected chi connectivity index (χ4v) is 7.95. The Morgan fingerprint density at radius 2 is 0.979 bits per heavy atom. The van der Waals surface area contributed by atoms with Crippen molar-refractivity contribution < 1.29 is 0 Å². The van der Waals surface area contributed by atoms with Gasteiger partial charge in [0.15, 0.2) is 0 Å². The summed E-state index contributed by atoms with van der Waals surface area (Å²) in [5.41, 5.74) is 2.84. The molecule has 0 aliphatic rings. The van der Waals surface area contributed by atoms with Crippen molar-refractivity contribution in [2.75, 3.05) is 0 Å². The third-order valence-electron chi connectivity index (χ3n) is 11.0. The van der Waals surface area contributed by atoms with Crippen molar-refractivity contribution in [3.8, 4) is 0 Å². The SMILES string of the molecule is CCCCCCCCCCCCCCCCC(c1nccn1CCCCCCCCCCC)C(C)(Cc1ccccc1)c1ccccc1. The van der Waals surface area contributed by atoms with Gasteiger partial charge in [0.2, 0.25) is 0 Å². The first-order valence-corrected chi connectivity index (χ1v) is 20.8. The van der Waals surface area contributed by atoms with Crippen molar-refractivity contribution in [2.45, 2.75) is 199 Å². The lowest BCUT2D eigenvalue weighted by Gasteiger charge is -2.39.